The van der Waals surface area contributed by atoms with Crippen molar-refractivity contribution in [1.82, 2.24) is 14.8 Å². The third-order valence-corrected chi connectivity index (χ3v) is 5.39. The smallest absolute Gasteiger partial charge is 0.195 e. The minimum Gasteiger partial charge on any atom is -0.392 e. The molecule has 112 valence electrons. The number of hydrogen-bond donors (Lipinski definition) is 1. The molecule has 0 amide bonds. The number of aryl methyl sites for hydroxylation is 2. The summed E-state index contributed by atoms with van der Waals surface area (Å²) in [6.45, 7) is 4.20. The molecule has 0 aliphatic heterocycles. The molecule has 4 nitrogen and oxygen atoms in total. The van der Waals surface area contributed by atoms with Crippen molar-refractivity contribution in [1.29, 1.82) is 0 Å². The number of aromatic nitrogens is 3. The lowest BCUT2D eigenvalue weighted by Gasteiger charge is -2.26. The van der Waals surface area contributed by atoms with E-state index in [1.165, 1.54) is 17.5 Å². The van der Waals surface area contributed by atoms with Gasteiger partial charge in [0.25, 0.3) is 0 Å². The van der Waals surface area contributed by atoms with E-state index in [4.69, 9.17) is 0 Å². The highest BCUT2D eigenvalue weighted by molar-refractivity contribution is 7.99. The first-order valence-electron chi connectivity index (χ1n) is 7.47. The maximum Gasteiger partial charge on any atom is 0.195 e. The Kier molecular flexibility index (Phi) is 4.31. The zero-order chi connectivity index (χ0) is 14.8. The predicted molar refractivity (Wildman–Crippen MR) is 85.0 cm³/mol. The van der Waals surface area contributed by atoms with Crippen molar-refractivity contribution >= 4 is 11.8 Å². The van der Waals surface area contributed by atoms with E-state index in [1.54, 1.807) is 18.1 Å². The number of aliphatic hydroxyl groups is 1. The van der Waals surface area contributed by atoms with Crippen molar-refractivity contribution < 1.29 is 5.11 Å². The van der Waals surface area contributed by atoms with E-state index in [9.17, 15) is 5.11 Å². The molecule has 21 heavy (non-hydrogen) atoms. The van der Waals surface area contributed by atoms with Crippen LogP contribution in [-0.2, 0) is 0 Å². The fourth-order valence-electron chi connectivity index (χ4n) is 2.90. The van der Waals surface area contributed by atoms with Crippen molar-refractivity contribution in [2.75, 3.05) is 0 Å². The van der Waals surface area contributed by atoms with Crippen molar-refractivity contribution in [3.63, 3.8) is 0 Å². The number of nitrogens with zero attached hydrogens (tertiary/aromatic N) is 3. The lowest BCUT2D eigenvalue weighted by atomic mass is 9.97. The van der Waals surface area contributed by atoms with Gasteiger partial charge in [-0.2, -0.15) is 0 Å². The van der Waals surface area contributed by atoms with Crippen LogP contribution in [0.4, 0.5) is 0 Å². The lowest BCUT2D eigenvalue weighted by molar-refractivity contribution is 0.137. The summed E-state index contributed by atoms with van der Waals surface area (Å²) in [5.74, 6) is 0. The number of aliphatic hydroxyl groups excluding tert-OH is 1. The van der Waals surface area contributed by atoms with Gasteiger partial charge in [0.1, 0.15) is 6.33 Å². The molecule has 2 unspecified atom stereocenters. The van der Waals surface area contributed by atoms with Gasteiger partial charge in [0.15, 0.2) is 5.16 Å². The van der Waals surface area contributed by atoms with Crippen molar-refractivity contribution in [2.24, 2.45) is 0 Å². The van der Waals surface area contributed by atoms with Crippen LogP contribution in [0.2, 0.25) is 0 Å². The Morgan fingerprint density at radius 1 is 1.24 bits per heavy atom. The van der Waals surface area contributed by atoms with Gasteiger partial charge in [-0.15, -0.1) is 10.2 Å². The summed E-state index contributed by atoms with van der Waals surface area (Å²) >= 11 is 1.65. The number of rotatable bonds is 3. The standard InChI is InChI=1S/C16H21N3OS/c1-11-7-8-13(12(2)9-11)19-10-17-18-16(19)21-15-6-4-3-5-14(15)20/h7-10,14-15,20H,3-6H2,1-2H3. The van der Waals surface area contributed by atoms with Crippen molar-refractivity contribution in [2.45, 2.75) is 56.0 Å². The number of benzene rings is 1. The molecule has 1 aliphatic carbocycles. The van der Waals surface area contributed by atoms with Crippen molar-refractivity contribution in [3.8, 4) is 5.69 Å². The first kappa shape index (κ1) is 14.6. The third-order valence-electron chi connectivity index (χ3n) is 4.05. The highest BCUT2D eigenvalue weighted by Gasteiger charge is 2.26. The van der Waals surface area contributed by atoms with Gasteiger partial charge in [-0.3, -0.25) is 4.57 Å². The molecule has 1 aromatic carbocycles. The second kappa shape index (κ2) is 6.20. The first-order valence-corrected chi connectivity index (χ1v) is 8.35. The first-order chi connectivity index (χ1) is 10.1. The van der Waals surface area contributed by atoms with E-state index in [2.05, 4.69) is 42.2 Å². The van der Waals surface area contributed by atoms with E-state index in [1.807, 2.05) is 4.57 Å². The molecule has 1 aliphatic rings. The third kappa shape index (κ3) is 3.14. The van der Waals surface area contributed by atoms with Gasteiger partial charge in [0, 0.05) is 5.25 Å². The second-order valence-electron chi connectivity index (χ2n) is 5.78. The van der Waals surface area contributed by atoms with Crippen LogP contribution in [0, 0.1) is 13.8 Å². The van der Waals surface area contributed by atoms with Crippen molar-refractivity contribution in [3.05, 3.63) is 35.7 Å². The molecular formula is C16H21N3OS. The van der Waals surface area contributed by atoms with Crippen LogP contribution in [0.3, 0.4) is 0 Å². The normalized spacial score (nSPS) is 22.4. The Morgan fingerprint density at radius 3 is 2.81 bits per heavy atom. The van der Waals surface area contributed by atoms with Gasteiger partial charge in [-0.05, 0) is 38.3 Å². The summed E-state index contributed by atoms with van der Waals surface area (Å²) < 4.78 is 2.03. The molecule has 1 aromatic heterocycles. The van der Waals surface area contributed by atoms with Gasteiger partial charge in [0.05, 0.1) is 11.8 Å². The Bertz CT molecular complexity index is 626. The number of hydrogen-bond acceptors (Lipinski definition) is 4. The van der Waals surface area contributed by atoms with Crippen LogP contribution >= 0.6 is 11.8 Å². The molecule has 2 aromatic rings. The van der Waals surface area contributed by atoms with E-state index < -0.39 is 0 Å². The average Bonchev–Trinajstić information content (AvgIpc) is 2.89. The number of thioether (sulfide) groups is 1. The maximum absolute atomic E-state index is 10.1. The molecule has 1 N–H and O–H groups in total. The topological polar surface area (TPSA) is 50.9 Å². The predicted octanol–water partition coefficient (Wildman–Crippen LogP) is 3.28. The fourth-order valence-corrected chi connectivity index (χ4v) is 4.10. The fraction of sp³-hybridized carbons (Fsp3) is 0.500. The molecule has 0 radical (unpaired) electrons. The molecule has 5 heteroatoms. The zero-order valence-corrected chi connectivity index (χ0v) is 13.3. The molecule has 1 saturated carbocycles. The van der Waals surface area contributed by atoms with Crippen LogP contribution in [-0.4, -0.2) is 31.2 Å². The quantitative estimate of drug-likeness (QED) is 0.945. The molecular weight excluding hydrogens is 282 g/mol. The molecule has 0 saturated heterocycles. The van der Waals surface area contributed by atoms with E-state index in [0.717, 1.165) is 30.1 Å². The summed E-state index contributed by atoms with van der Waals surface area (Å²) in [4.78, 5) is 0. The Hall–Kier alpha value is -1.33. The molecule has 1 heterocycles. The van der Waals surface area contributed by atoms with Gasteiger partial charge >= 0.3 is 0 Å². The maximum atomic E-state index is 10.1. The van der Waals surface area contributed by atoms with Gasteiger partial charge in [-0.1, -0.05) is 42.3 Å². The second-order valence-corrected chi connectivity index (χ2v) is 6.99. The summed E-state index contributed by atoms with van der Waals surface area (Å²) in [5.41, 5.74) is 3.57. The average molecular weight is 303 g/mol. The molecule has 0 spiro atoms. The summed E-state index contributed by atoms with van der Waals surface area (Å²) in [7, 11) is 0. The van der Waals surface area contributed by atoms with Crippen LogP contribution in [0.25, 0.3) is 5.69 Å². The van der Waals surface area contributed by atoms with E-state index in [0.29, 0.717) is 0 Å². The zero-order valence-electron chi connectivity index (χ0n) is 12.5. The summed E-state index contributed by atoms with van der Waals surface area (Å²) in [5, 5.41) is 19.6. The van der Waals surface area contributed by atoms with Gasteiger partial charge in [-0.25, -0.2) is 0 Å². The van der Waals surface area contributed by atoms with E-state index in [-0.39, 0.29) is 11.4 Å². The minimum atomic E-state index is -0.229. The highest BCUT2D eigenvalue weighted by Crippen LogP contribution is 2.34. The Labute approximate surface area is 129 Å². The summed E-state index contributed by atoms with van der Waals surface area (Å²) in [6.07, 6.45) is 5.79. The van der Waals surface area contributed by atoms with Gasteiger partial charge in [0.2, 0.25) is 0 Å². The van der Waals surface area contributed by atoms with Crippen LogP contribution in [0.15, 0.2) is 29.7 Å². The van der Waals surface area contributed by atoms with Crippen LogP contribution in [0.1, 0.15) is 36.8 Å². The molecule has 2 atom stereocenters. The molecule has 0 bridgehead atoms. The Morgan fingerprint density at radius 2 is 2.05 bits per heavy atom. The largest absolute Gasteiger partial charge is 0.392 e. The van der Waals surface area contributed by atoms with Gasteiger partial charge < -0.3 is 5.11 Å². The molecule has 3 rings (SSSR count). The highest BCUT2D eigenvalue weighted by atomic mass is 32.2. The van der Waals surface area contributed by atoms with Crippen LogP contribution in [0.5, 0.6) is 0 Å². The summed E-state index contributed by atoms with van der Waals surface area (Å²) in [6, 6.07) is 6.38. The van der Waals surface area contributed by atoms with Crippen LogP contribution < -0.4 is 0 Å². The molecule has 1 fully saturated rings. The Balaban J connectivity index is 1.86. The SMILES string of the molecule is Cc1ccc(-n2cnnc2SC2CCCCC2O)c(C)c1. The van der Waals surface area contributed by atoms with E-state index >= 15 is 0 Å². The minimum absolute atomic E-state index is 0.229. The monoisotopic (exact) mass is 303 g/mol. The lowest BCUT2D eigenvalue weighted by Crippen LogP contribution is -2.27.